The maximum absolute atomic E-state index is 9.37. The van der Waals surface area contributed by atoms with Crippen molar-refractivity contribution in [3.63, 3.8) is 0 Å². The summed E-state index contributed by atoms with van der Waals surface area (Å²) in [4.78, 5) is 16.5. The van der Waals surface area contributed by atoms with Crippen LogP contribution in [0.5, 0.6) is 5.75 Å². The molecule has 0 bridgehead atoms. The van der Waals surface area contributed by atoms with Crippen molar-refractivity contribution in [1.29, 1.82) is 0 Å². The molecule has 1 aromatic carbocycles. The van der Waals surface area contributed by atoms with E-state index in [1.54, 1.807) is 7.11 Å². The fourth-order valence-corrected chi connectivity index (χ4v) is 2.14. The Morgan fingerprint density at radius 3 is 2.48 bits per heavy atom. The summed E-state index contributed by atoms with van der Waals surface area (Å²) in [6.07, 6.45) is 2.98. The average Bonchev–Trinajstić information content (AvgIpc) is 2.83. The number of likely N-dealkylation sites (N-methyl/N-ethyl adjacent to an activating group) is 1. The Morgan fingerprint density at radius 1 is 1.29 bits per heavy atom. The fraction of sp³-hybridized carbons (Fsp3) is 0.429. The predicted octanol–water partition coefficient (Wildman–Crippen LogP) is 1.18. The Hall–Kier alpha value is -1.17. The van der Waals surface area contributed by atoms with Gasteiger partial charge in [0.1, 0.15) is 21.5 Å². The number of rotatable bonds is 5. The number of aliphatic hydroxyl groups excluding tert-OH is 1. The maximum atomic E-state index is 9.37. The van der Waals surface area contributed by atoms with Gasteiger partial charge in [-0.2, -0.15) is 0 Å². The Balaban J connectivity index is 0.000000677. The van der Waals surface area contributed by atoms with Crippen molar-refractivity contribution in [2.24, 2.45) is 0 Å². The van der Waals surface area contributed by atoms with E-state index in [1.807, 2.05) is 29.0 Å². The highest BCUT2D eigenvalue weighted by molar-refractivity contribution is 7.23. The number of ether oxygens (including phenoxy) is 1. The van der Waals surface area contributed by atoms with Gasteiger partial charge in [-0.3, -0.25) is 0 Å². The molecule has 0 aliphatic carbocycles. The molecule has 0 saturated heterocycles. The Kier molecular flexibility index (Phi) is 7.64. The number of benzene rings is 1. The van der Waals surface area contributed by atoms with Crippen LogP contribution in [0.4, 0.5) is 0 Å². The maximum Gasteiger partial charge on any atom is 0.149 e. The van der Waals surface area contributed by atoms with E-state index >= 15 is 0 Å². The molecule has 0 saturated carbocycles. The molecule has 0 aliphatic rings. The first kappa shape index (κ1) is 17.9. The minimum Gasteiger partial charge on any atom is -0.497 e. The molecular weight excluding hydrogens is 291 g/mol. The van der Waals surface area contributed by atoms with Crippen LogP contribution in [0.15, 0.2) is 24.4 Å². The third-order valence-corrected chi connectivity index (χ3v) is 3.15. The van der Waals surface area contributed by atoms with E-state index in [0.29, 0.717) is 0 Å². The van der Waals surface area contributed by atoms with E-state index in [9.17, 15) is 5.11 Å². The molecule has 0 unspecified atom stereocenters. The number of aliphatic hydroxyl groups is 1. The van der Waals surface area contributed by atoms with Crippen LogP contribution in [0.2, 0.25) is 0 Å². The molecule has 0 spiro atoms. The van der Waals surface area contributed by atoms with Crippen LogP contribution >= 0.6 is 9.03 Å². The lowest BCUT2D eigenvalue weighted by molar-refractivity contribution is 0.215. The third kappa shape index (κ3) is 4.95. The molecule has 2 rings (SSSR count). The molecule has 0 atom stereocenters. The quantitative estimate of drug-likeness (QED) is 0.723. The van der Waals surface area contributed by atoms with Gasteiger partial charge in [-0.05, 0) is 44.3 Å². The molecule has 0 radical (unpaired) electrons. The molecule has 1 heterocycles. The summed E-state index contributed by atoms with van der Waals surface area (Å²) in [5.74, 6) is 0.851. The standard InChI is InChI=1S/C14H20N2O2.H3O2P/c1-15(2)7-6-11-9-16(10-17)14-5-4-12(18-3)8-13(11)14;1-3-2/h4-5,8-9,17H,6-7,10H2,1-3H3;1-3H. The number of fused-ring (bicyclic) bond motifs is 1. The van der Waals surface area contributed by atoms with Crippen molar-refractivity contribution in [1.82, 2.24) is 9.47 Å². The van der Waals surface area contributed by atoms with E-state index in [1.165, 1.54) is 5.56 Å². The second kappa shape index (κ2) is 8.97. The lowest BCUT2D eigenvalue weighted by Gasteiger charge is -2.08. The van der Waals surface area contributed by atoms with Gasteiger partial charge in [-0.15, -0.1) is 0 Å². The largest absolute Gasteiger partial charge is 0.497 e. The molecule has 0 amide bonds. The molecule has 0 fully saturated rings. The van der Waals surface area contributed by atoms with E-state index in [2.05, 4.69) is 19.0 Å². The van der Waals surface area contributed by atoms with Gasteiger partial charge >= 0.3 is 0 Å². The highest BCUT2D eigenvalue weighted by atomic mass is 31.1. The zero-order chi connectivity index (χ0) is 15.8. The first-order valence-electron chi connectivity index (χ1n) is 6.51. The first-order valence-corrected chi connectivity index (χ1v) is 7.41. The van der Waals surface area contributed by atoms with Crippen LogP contribution in [0.25, 0.3) is 10.9 Å². The van der Waals surface area contributed by atoms with Crippen molar-refractivity contribution in [2.75, 3.05) is 27.7 Å². The second-order valence-electron chi connectivity index (χ2n) is 4.80. The second-order valence-corrected chi connectivity index (χ2v) is 5.00. The normalized spacial score (nSPS) is 10.6. The molecule has 6 nitrogen and oxygen atoms in total. The van der Waals surface area contributed by atoms with Gasteiger partial charge in [0.2, 0.25) is 0 Å². The van der Waals surface area contributed by atoms with Gasteiger partial charge in [-0.25, -0.2) is 0 Å². The summed E-state index contributed by atoms with van der Waals surface area (Å²) in [6.45, 7) is 0.993. The molecule has 118 valence electrons. The van der Waals surface area contributed by atoms with Crippen LogP contribution in [-0.4, -0.2) is 52.1 Å². The zero-order valence-electron chi connectivity index (χ0n) is 12.6. The summed E-state index contributed by atoms with van der Waals surface area (Å²) in [7, 11) is 4.88. The summed E-state index contributed by atoms with van der Waals surface area (Å²) < 4.78 is 7.12. The summed E-state index contributed by atoms with van der Waals surface area (Å²) in [5, 5.41) is 10.5. The van der Waals surface area contributed by atoms with E-state index in [4.69, 9.17) is 14.5 Å². The van der Waals surface area contributed by atoms with Crippen LogP contribution in [0.3, 0.4) is 0 Å². The van der Waals surface area contributed by atoms with Crippen molar-refractivity contribution in [3.05, 3.63) is 30.0 Å². The van der Waals surface area contributed by atoms with Crippen molar-refractivity contribution < 1.29 is 19.6 Å². The monoisotopic (exact) mass is 314 g/mol. The van der Waals surface area contributed by atoms with Gasteiger partial charge in [0.15, 0.2) is 0 Å². The summed E-state index contributed by atoms with van der Waals surface area (Å²) in [6, 6.07) is 5.94. The molecule has 1 aromatic heterocycles. The SMILES string of the molecule is COc1ccc2c(c1)c(CCN(C)C)cn2CO.OPO. The van der Waals surface area contributed by atoms with Crippen LogP contribution in [-0.2, 0) is 13.2 Å². The molecule has 2 aromatic rings. The van der Waals surface area contributed by atoms with Gasteiger partial charge in [0.05, 0.1) is 12.6 Å². The number of methoxy groups -OCH3 is 1. The predicted molar refractivity (Wildman–Crippen MR) is 85.7 cm³/mol. The number of hydrogen-bond donors (Lipinski definition) is 3. The van der Waals surface area contributed by atoms with Crippen molar-refractivity contribution in [2.45, 2.75) is 13.2 Å². The molecular formula is C14H23N2O4P. The Bertz CT molecular complexity index is 557. The Labute approximate surface area is 126 Å². The Morgan fingerprint density at radius 2 is 1.95 bits per heavy atom. The highest BCUT2D eigenvalue weighted by Gasteiger charge is 2.09. The van der Waals surface area contributed by atoms with Crippen LogP contribution in [0, 0.1) is 0 Å². The number of aromatic nitrogens is 1. The number of nitrogens with zero attached hydrogens (tertiary/aromatic N) is 2. The van der Waals surface area contributed by atoms with Crippen LogP contribution < -0.4 is 4.74 Å². The van der Waals surface area contributed by atoms with E-state index < -0.39 is 9.03 Å². The van der Waals surface area contributed by atoms with E-state index in [0.717, 1.165) is 29.6 Å². The lowest BCUT2D eigenvalue weighted by Crippen LogP contribution is -2.14. The minimum absolute atomic E-state index is 0.00476. The van der Waals surface area contributed by atoms with Crippen molar-refractivity contribution >= 4 is 19.9 Å². The van der Waals surface area contributed by atoms with Gasteiger partial charge in [-0.1, -0.05) is 0 Å². The lowest BCUT2D eigenvalue weighted by atomic mass is 10.1. The number of hydrogen-bond acceptors (Lipinski definition) is 5. The van der Waals surface area contributed by atoms with Crippen LogP contribution in [0.1, 0.15) is 5.56 Å². The molecule has 21 heavy (non-hydrogen) atoms. The van der Waals surface area contributed by atoms with Gasteiger partial charge < -0.3 is 29.1 Å². The smallest absolute Gasteiger partial charge is 0.149 e. The fourth-order valence-electron chi connectivity index (χ4n) is 2.14. The topological polar surface area (TPSA) is 78.1 Å². The summed E-state index contributed by atoms with van der Waals surface area (Å²) in [5.41, 5.74) is 2.29. The van der Waals surface area contributed by atoms with Gasteiger partial charge in [0.25, 0.3) is 0 Å². The summed E-state index contributed by atoms with van der Waals surface area (Å²) >= 11 is 0. The minimum atomic E-state index is -0.917. The van der Waals surface area contributed by atoms with E-state index in [-0.39, 0.29) is 6.73 Å². The van der Waals surface area contributed by atoms with Crippen molar-refractivity contribution in [3.8, 4) is 5.75 Å². The zero-order valence-corrected chi connectivity index (χ0v) is 13.6. The molecule has 0 aliphatic heterocycles. The third-order valence-electron chi connectivity index (χ3n) is 3.15. The highest BCUT2D eigenvalue weighted by Crippen LogP contribution is 2.26. The van der Waals surface area contributed by atoms with Gasteiger partial charge in [0, 0.05) is 18.1 Å². The molecule has 7 heteroatoms. The average molecular weight is 314 g/mol. The first-order chi connectivity index (χ1) is 10.1. The molecule has 3 N–H and O–H groups in total.